The van der Waals surface area contributed by atoms with Gasteiger partial charge in [0.1, 0.15) is 12.1 Å². The van der Waals surface area contributed by atoms with Crippen LogP contribution in [0.5, 0.6) is 0 Å². The first-order valence-electron chi connectivity index (χ1n) is 7.16. The zero-order valence-electron chi connectivity index (χ0n) is 11.8. The molecule has 1 spiro atoms. The van der Waals surface area contributed by atoms with E-state index in [-0.39, 0.29) is 24.3 Å². The van der Waals surface area contributed by atoms with Gasteiger partial charge < -0.3 is 16.4 Å². The summed E-state index contributed by atoms with van der Waals surface area (Å²) in [5, 5.41) is 5.39. The Morgan fingerprint density at radius 1 is 1.50 bits per heavy atom. The second-order valence-electron chi connectivity index (χ2n) is 5.42. The van der Waals surface area contributed by atoms with Crippen molar-refractivity contribution < 1.29 is 14.4 Å². The third-order valence-corrected chi connectivity index (χ3v) is 4.23. The van der Waals surface area contributed by atoms with Gasteiger partial charge in [0, 0.05) is 12.5 Å². The lowest BCUT2D eigenvalue weighted by molar-refractivity contribution is -0.137. The van der Waals surface area contributed by atoms with E-state index < -0.39 is 11.6 Å². The van der Waals surface area contributed by atoms with Crippen molar-refractivity contribution in [2.75, 3.05) is 19.6 Å². The molecule has 2 unspecified atom stereocenters. The summed E-state index contributed by atoms with van der Waals surface area (Å²) in [7, 11) is 0. The number of hydrogen-bond donors (Lipinski definition) is 3. The van der Waals surface area contributed by atoms with Crippen molar-refractivity contribution in [2.24, 2.45) is 11.7 Å². The summed E-state index contributed by atoms with van der Waals surface area (Å²) in [6, 6.07) is -0.485. The van der Waals surface area contributed by atoms with Crippen LogP contribution in [0.15, 0.2) is 0 Å². The van der Waals surface area contributed by atoms with E-state index in [2.05, 4.69) is 10.6 Å². The Kier molecular flexibility index (Phi) is 4.27. The molecular formula is C13H22N4O3. The minimum Gasteiger partial charge on any atom is -0.355 e. The highest BCUT2D eigenvalue weighted by Gasteiger charge is 2.56. The van der Waals surface area contributed by atoms with Crippen LogP contribution in [0.25, 0.3) is 0 Å². The van der Waals surface area contributed by atoms with E-state index in [1.807, 2.05) is 0 Å². The van der Waals surface area contributed by atoms with Gasteiger partial charge in [-0.15, -0.1) is 0 Å². The van der Waals surface area contributed by atoms with Gasteiger partial charge in [-0.25, -0.2) is 4.79 Å². The highest BCUT2D eigenvalue weighted by Crippen LogP contribution is 2.37. The molecule has 1 aliphatic heterocycles. The predicted octanol–water partition coefficient (Wildman–Crippen LogP) is -0.438. The van der Waals surface area contributed by atoms with E-state index in [9.17, 15) is 14.4 Å². The van der Waals surface area contributed by atoms with Gasteiger partial charge in [-0.05, 0) is 26.3 Å². The second-order valence-corrected chi connectivity index (χ2v) is 5.42. The minimum absolute atomic E-state index is 0.0491. The summed E-state index contributed by atoms with van der Waals surface area (Å²) >= 11 is 0. The molecule has 1 heterocycles. The van der Waals surface area contributed by atoms with Crippen molar-refractivity contribution >= 4 is 17.8 Å². The van der Waals surface area contributed by atoms with Crippen LogP contribution in [-0.2, 0) is 9.59 Å². The number of nitrogens with one attached hydrogen (secondary N) is 2. The summed E-state index contributed by atoms with van der Waals surface area (Å²) in [5.74, 6) is -0.677. The Hall–Kier alpha value is -1.63. The lowest BCUT2D eigenvalue weighted by atomic mass is 9.72. The summed E-state index contributed by atoms with van der Waals surface area (Å²) in [5.41, 5.74) is 4.87. The molecule has 1 aliphatic carbocycles. The quantitative estimate of drug-likeness (QED) is 0.608. The van der Waals surface area contributed by atoms with Crippen LogP contribution in [-0.4, -0.2) is 47.9 Å². The van der Waals surface area contributed by atoms with E-state index in [0.717, 1.165) is 24.2 Å². The molecule has 1 saturated heterocycles. The number of urea groups is 1. The van der Waals surface area contributed by atoms with Crippen molar-refractivity contribution in [3.8, 4) is 0 Å². The van der Waals surface area contributed by atoms with Crippen molar-refractivity contribution in [1.29, 1.82) is 0 Å². The second kappa shape index (κ2) is 5.78. The molecule has 0 bridgehead atoms. The SMILES string of the molecule is CCNC(=O)CN1C(=O)NC2(CCCCC2CN)C1=O. The van der Waals surface area contributed by atoms with E-state index in [4.69, 9.17) is 5.73 Å². The maximum absolute atomic E-state index is 12.6. The number of rotatable bonds is 4. The Morgan fingerprint density at radius 3 is 2.90 bits per heavy atom. The van der Waals surface area contributed by atoms with E-state index in [1.165, 1.54) is 0 Å². The molecule has 2 fully saturated rings. The standard InChI is InChI=1S/C13H22N4O3/c1-2-15-10(18)8-17-11(19)13(16-12(17)20)6-4-3-5-9(13)7-14/h9H,2-8,14H2,1H3,(H,15,18)(H,16,20). The minimum atomic E-state index is -0.892. The van der Waals surface area contributed by atoms with E-state index in [0.29, 0.717) is 19.5 Å². The Labute approximate surface area is 118 Å². The fraction of sp³-hybridized carbons (Fsp3) is 0.769. The molecule has 0 aromatic heterocycles. The molecule has 112 valence electrons. The average Bonchev–Trinajstić information content (AvgIpc) is 2.65. The highest BCUT2D eigenvalue weighted by molar-refractivity contribution is 6.09. The number of hydrogen-bond acceptors (Lipinski definition) is 4. The molecule has 4 N–H and O–H groups in total. The van der Waals surface area contributed by atoms with Crippen LogP contribution in [0.1, 0.15) is 32.6 Å². The zero-order valence-corrected chi connectivity index (χ0v) is 11.8. The number of likely N-dealkylation sites (N-methyl/N-ethyl adjacent to an activating group) is 1. The lowest BCUT2D eigenvalue weighted by Gasteiger charge is -2.38. The molecule has 2 rings (SSSR count). The fourth-order valence-electron chi connectivity index (χ4n) is 3.20. The number of imide groups is 1. The van der Waals surface area contributed by atoms with Crippen molar-refractivity contribution in [3.05, 3.63) is 0 Å². The monoisotopic (exact) mass is 282 g/mol. The van der Waals surface area contributed by atoms with Gasteiger partial charge in [0.15, 0.2) is 0 Å². The normalized spacial score (nSPS) is 29.7. The number of carbonyl (C=O) groups is 3. The maximum atomic E-state index is 12.6. The number of nitrogens with zero attached hydrogens (tertiary/aromatic N) is 1. The van der Waals surface area contributed by atoms with Crippen LogP contribution in [0, 0.1) is 5.92 Å². The zero-order chi connectivity index (χ0) is 14.8. The van der Waals surface area contributed by atoms with Gasteiger partial charge in [0.2, 0.25) is 5.91 Å². The summed E-state index contributed by atoms with van der Waals surface area (Å²) in [6.07, 6.45) is 3.34. The maximum Gasteiger partial charge on any atom is 0.325 e. The van der Waals surface area contributed by atoms with Gasteiger partial charge in [0.25, 0.3) is 5.91 Å². The highest BCUT2D eigenvalue weighted by atomic mass is 16.2. The molecule has 1 saturated carbocycles. The van der Waals surface area contributed by atoms with Crippen LogP contribution in [0.4, 0.5) is 4.79 Å². The van der Waals surface area contributed by atoms with Crippen LogP contribution in [0.3, 0.4) is 0 Å². The van der Waals surface area contributed by atoms with Gasteiger partial charge in [-0.1, -0.05) is 12.8 Å². The first kappa shape index (κ1) is 14.8. The Morgan fingerprint density at radius 2 is 2.25 bits per heavy atom. The third kappa shape index (κ3) is 2.37. The Balaban J connectivity index is 2.16. The van der Waals surface area contributed by atoms with Crippen molar-refractivity contribution in [2.45, 2.75) is 38.1 Å². The molecule has 0 aromatic carbocycles. The molecule has 7 heteroatoms. The molecule has 0 aromatic rings. The van der Waals surface area contributed by atoms with Crippen molar-refractivity contribution in [1.82, 2.24) is 15.5 Å². The molecular weight excluding hydrogens is 260 g/mol. The topological polar surface area (TPSA) is 105 Å². The molecule has 0 radical (unpaired) electrons. The molecule has 20 heavy (non-hydrogen) atoms. The number of amides is 4. The largest absolute Gasteiger partial charge is 0.355 e. The van der Waals surface area contributed by atoms with E-state index in [1.54, 1.807) is 6.92 Å². The van der Waals surface area contributed by atoms with Gasteiger partial charge >= 0.3 is 6.03 Å². The predicted molar refractivity (Wildman–Crippen MR) is 72.7 cm³/mol. The summed E-state index contributed by atoms with van der Waals surface area (Å²) in [6.45, 7) is 2.40. The van der Waals surface area contributed by atoms with Crippen LogP contribution in [0.2, 0.25) is 0 Å². The van der Waals surface area contributed by atoms with Gasteiger partial charge in [-0.2, -0.15) is 0 Å². The number of nitrogens with two attached hydrogens (primary N) is 1. The Bertz CT molecular complexity index is 426. The van der Waals surface area contributed by atoms with Crippen molar-refractivity contribution in [3.63, 3.8) is 0 Å². The third-order valence-electron chi connectivity index (χ3n) is 4.23. The number of carbonyl (C=O) groups excluding carboxylic acids is 3. The molecule has 2 aliphatic rings. The van der Waals surface area contributed by atoms with Crippen LogP contribution >= 0.6 is 0 Å². The van der Waals surface area contributed by atoms with Gasteiger partial charge in [-0.3, -0.25) is 14.5 Å². The lowest BCUT2D eigenvalue weighted by Crippen LogP contribution is -2.57. The van der Waals surface area contributed by atoms with E-state index >= 15 is 0 Å². The smallest absolute Gasteiger partial charge is 0.325 e. The first-order chi connectivity index (χ1) is 9.55. The first-order valence-corrected chi connectivity index (χ1v) is 7.16. The molecule has 4 amide bonds. The van der Waals surface area contributed by atoms with Gasteiger partial charge in [0.05, 0.1) is 0 Å². The van der Waals surface area contributed by atoms with Crippen LogP contribution < -0.4 is 16.4 Å². The average molecular weight is 282 g/mol. The molecule has 7 nitrogen and oxygen atoms in total. The summed E-state index contributed by atoms with van der Waals surface area (Å²) < 4.78 is 0. The molecule has 2 atom stereocenters. The summed E-state index contributed by atoms with van der Waals surface area (Å²) in [4.78, 5) is 37.3. The fourth-order valence-corrected chi connectivity index (χ4v) is 3.20.